The van der Waals surface area contributed by atoms with Crippen LogP contribution in [0.15, 0.2) is 52.4 Å². The van der Waals surface area contributed by atoms with Gasteiger partial charge in [0.25, 0.3) is 0 Å². The van der Waals surface area contributed by atoms with E-state index in [-0.39, 0.29) is 0 Å². The summed E-state index contributed by atoms with van der Waals surface area (Å²) in [7, 11) is 0. The normalized spacial score (nSPS) is 10.6. The van der Waals surface area contributed by atoms with Crippen molar-refractivity contribution >= 4 is 27.3 Å². The Morgan fingerprint density at radius 2 is 2.00 bits per heavy atom. The summed E-state index contributed by atoms with van der Waals surface area (Å²) in [6.07, 6.45) is 1.94. The van der Waals surface area contributed by atoms with Crippen LogP contribution in [0.5, 0.6) is 0 Å². The van der Waals surface area contributed by atoms with E-state index in [2.05, 4.69) is 26.2 Å². The fourth-order valence-electron chi connectivity index (χ4n) is 1.56. The van der Waals surface area contributed by atoms with Crippen molar-refractivity contribution in [2.45, 2.75) is 0 Å². The standard InChI is InChI=1S/C12H8BrN3S/c13-9-4-1-2-5-11(9)16-8-10(14-15-16)12-6-3-7-17-12/h1-8H. The first-order chi connectivity index (χ1) is 8.34. The van der Waals surface area contributed by atoms with Crippen molar-refractivity contribution in [2.24, 2.45) is 0 Å². The van der Waals surface area contributed by atoms with Crippen LogP contribution in [0.1, 0.15) is 0 Å². The van der Waals surface area contributed by atoms with Gasteiger partial charge in [-0.15, -0.1) is 16.4 Å². The molecule has 1 aromatic carbocycles. The van der Waals surface area contributed by atoms with Crippen LogP contribution in [0.2, 0.25) is 0 Å². The number of hydrogen-bond acceptors (Lipinski definition) is 3. The van der Waals surface area contributed by atoms with E-state index in [9.17, 15) is 0 Å². The lowest BCUT2D eigenvalue weighted by atomic mass is 10.3. The monoisotopic (exact) mass is 305 g/mol. The second-order valence-electron chi connectivity index (χ2n) is 3.48. The molecule has 0 unspecified atom stereocenters. The zero-order valence-electron chi connectivity index (χ0n) is 8.75. The highest BCUT2D eigenvalue weighted by molar-refractivity contribution is 9.10. The first kappa shape index (κ1) is 10.7. The SMILES string of the molecule is Brc1ccccc1-n1cc(-c2cccs2)nn1. The predicted octanol–water partition coefficient (Wildman–Crippen LogP) is 3.76. The Kier molecular flexibility index (Phi) is 2.78. The van der Waals surface area contributed by atoms with E-state index in [0.717, 1.165) is 20.7 Å². The third-order valence-corrected chi connectivity index (χ3v) is 3.93. The van der Waals surface area contributed by atoms with E-state index in [1.54, 1.807) is 16.0 Å². The van der Waals surface area contributed by atoms with Crippen molar-refractivity contribution in [1.29, 1.82) is 0 Å². The molecule has 0 atom stereocenters. The summed E-state index contributed by atoms with van der Waals surface area (Å²) < 4.78 is 2.78. The highest BCUT2D eigenvalue weighted by Crippen LogP contribution is 2.24. The summed E-state index contributed by atoms with van der Waals surface area (Å²) >= 11 is 5.17. The summed E-state index contributed by atoms with van der Waals surface area (Å²) in [4.78, 5) is 1.13. The predicted molar refractivity (Wildman–Crippen MR) is 72.4 cm³/mol. The van der Waals surface area contributed by atoms with Crippen LogP contribution in [-0.4, -0.2) is 15.0 Å². The Bertz CT molecular complexity index is 631. The van der Waals surface area contributed by atoms with E-state index in [1.165, 1.54) is 0 Å². The van der Waals surface area contributed by atoms with Gasteiger partial charge in [0, 0.05) is 4.47 Å². The Labute approximate surface area is 111 Å². The van der Waals surface area contributed by atoms with Gasteiger partial charge in [0.05, 0.1) is 16.8 Å². The number of thiophene rings is 1. The molecule has 0 N–H and O–H groups in total. The van der Waals surface area contributed by atoms with E-state index >= 15 is 0 Å². The van der Waals surface area contributed by atoms with Crippen LogP contribution in [0.4, 0.5) is 0 Å². The smallest absolute Gasteiger partial charge is 0.123 e. The first-order valence-corrected chi connectivity index (χ1v) is 6.73. The third-order valence-electron chi connectivity index (χ3n) is 2.37. The van der Waals surface area contributed by atoms with Gasteiger partial charge in [-0.25, -0.2) is 4.68 Å². The molecule has 0 aliphatic heterocycles. The van der Waals surface area contributed by atoms with E-state index in [1.807, 2.05) is 48.0 Å². The van der Waals surface area contributed by atoms with Gasteiger partial charge in [0.2, 0.25) is 0 Å². The molecule has 0 fully saturated rings. The molecule has 3 nitrogen and oxygen atoms in total. The average Bonchev–Trinajstić information content (AvgIpc) is 3.00. The Balaban J connectivity index is 2.04. The van der Waals surface area contributed by atoms with Gasteiger partial charge in [-0.2, -0.15) is 0 Å². The Morgan fingerprint density at radius 3 is 2.76 bits per heavy atom. The molecule has 84 valence electrons. The molecule has 0 spiro atoms. The lowest BCUT2D eigenvalue weighted by Gasteiger charge is -2.01. The van der Waals surface area contributed by atoms with Crippen molar-refractivity contribution in [3.63, 3.8) is 0 Å². The molecule has 0 bridgehead atoms. The molecule has 2 aromatic heterocycles. The van der Waals surface area contributed by atoms with Crippen LogP contribution in [0.3, 0.4) is 0 Å². The first-order valence-electron chi connectivity index (χ1n) is 5.06. The fraction of sp³-hybridized carbons (Fsp3) is 0. The molecule has 3 aromatic rings. The van der Waals surface area contributed by atoms with Gasteiger partial charge >= 0.3 is 0 Å². The third kappa shape index (κ3) is 2.03. The molecule has 0 aliphatic carbocycles. The molecule has 0 saturated heterocycles. The zero-order chi connectivity index (χ0) is 11.7. The van der Waals surface area contributed by atoms with Gasteiger partial charge in [0.15, 0.2) is 0 Å². The summed E-state index contributed by atoms with van der Waals surface area (Å²) in [6, 6.07) is 12.0. The molecular formula is C12H8BrN3S. The van der Waals surface area contributed by atoms with Crippen molar-refractivity contribution in [1.82, 2.24) is 15.0 Å². The molecule has 0 amide bonds. The number of rotatable bonds is 2. The number of benzene rings is 1. The quantitative estimate of drug-likeness (QED) is 0.722. The topological polar surface area (TPSA) is 30.7 Å². The molecule has 0 aliphatic rings. The van der Waals surface area contributed by atoms with Crippen LogP contribution in [0, 0.1) is 0 Å². The lowest BCUT2D eigenvalue weighted by molar-refractivity contribution is 0.801. The van der Waals surface area contributed by atoms with Crippen molar-refractivity contribution in [3.05, 3.63) is 52.4 Å². The maximum atomic E-state index is 4.18. The van der Waals surface area contributed by atoms with E-state index < -0.39 is 0 Å². The van der Waals surface area contributed by atoms with Crippen LogP contribution in [-0.2, 0) is 0 Å². The average molecular weight is 306 g/mol. The van der Waals surface area contributed by atoms with E-state index in [4.69, 9.17) is 0 Å². The van der Waals surface area contributed by atoms with Gasteiger partial charge in [-0.3, -0.25) is 0 Å². The second kappa shape index (κ2) is 4.43. The summed E-state index contributed by atoms with van der Waals surface area (Å²) in [5.74, 6) is 0. The second-order valence-corrected chi connectivity index (χ2v) is 5.28. The Hall–Kier alpha value is -1.46. The minimum Gasteiger partial charge on any atom is -0.219 e. The highest BCUT2D eigenvalue weighted by Gasteiger charge is 2.07. The number of para-hydroxylation sites is 1. The van der Waals surface area contributed by atoms with Crippen LogP contribution in [0.25, 0.3) is 16.3 Å². The lowest BCUT2D eigenvalue weighted by Crippen LogP contribution is -1.95. The van der Waals surface area contributed by atoms with Crippen LogP contribution < -0.4 is 0 Å². The number of hydrogen-bond donors (Lipinski definition) is 0. The van der Waals surface area contributed by atoms with Crippen molar-refractivity contribution in [2.75, 3.05) is 0 Å². The van der Waals surface area contributed by atoms with E-state index in [0.29, 0.717) is 0 Å². The Morgan fingerprint density at radius 1 is 1.12 bits per heavy atom. The number of nitrogens with zero attached hydrogens (tertiary/aromatic N) is 3. The van der Waals surface area contributed by atoms with Gasteiger partial charge < -0.3 is 0 Å². The molecular weight excluding hydrogens is 298 g/mol. The minimum atomic E-state index is 0.899. The summed E-state index contributed by atoms with van der Waals surface area (Å²) in [5, 5.41) is 10.4. The van der Waals surface area contributed by atoms with Gasteiger partial charge in [-0.05, 0) is 39.5 Å². The van der Waals surface area contributed by atoms with Gasteiger partial charge in [-0.1, -0.05) is 23.4 Å². The largest absolute Gasteiger partial charge is 0.219 e. The summed E-state index contributed by atoms with van der Waals surface area (Å²) in [6.45, 7) is 0. The molecule has 0 saturated carbocycles. The maximum Gasteiger partial charge on any atom is 0.123 e. The van der Waals surface area contributed by atoms with Gasteiger partial charge in [0.1, 0.15) is 5.69 Å². The molecule has 2 heterocycles. The van der Waals surface area contributed by atoms with Crippen LogP contribution >= 0.6 is 27.3 Å². The number of halogens is 1. The molecule has 0 radical (unpaired) electrons. The fourth-order valence-corrected chi connectivity index (χ4v) is 2.70. The zero-order valence-corrected chi connectivity index (χ0v) is 11.1. The molecule has 5 heteroatoms. The van der Waals surface area contributed by atoms with Crippen molar-refractivity contribution < 1.29 is 0 Å². The highest BCUT2D eigenvalue weighted by atomic mass is 79.9. The molecule has 17 heavy (non-hydrogen) atoms. The minimum absolute atomic E-state index is 0.899. The molecule has 3 rings (SSSR count). The maximum absolute atomic E-state index is 4.18. The summed E-state index contributed by atoms with van der Waals surface area (Å²) in [5.41, 5.74) is 1.89. The number of aromatic nitrogens is 3. The van der Waals surface area contributed by atoms with Crippen molar-refractivity contribution in [3.8, 4) is 16.3 Å².